The number of hydrogen-bond donors (Lipinski definition) is 2. The summed E-state index contributed by atoms with van der Waals surface area (Å²) in [6.45, 7) is 4.25. The molecule has 0 aliphatic carbocycles. The number of hydrogen-bond acceptors (Lipinski definition) is 7. The number of rotatable bonds is 6. The van der Waals surface area contributed by atoms with E-state index >= 15 is 0 Å². The molecule has 2 heterocycles. The van der Waals surface area contributed by atoms with Crippen molar-refractivity contribution in [2.45, 2.75) is 18.7 Å². The summed E-state index contributed by atoms with van der Waals surface area (Å²) in [6, 6.07) is 6.70. The van der Waals surface area contributed by atoms with Gasteiger partial charge in [-0.05, 0) is 32.0 Å². The van der Waals surface area contributed by atoms with Crippen molar-refractivity contribution < 1.29 is 8.42 Å². The van der Waals surface area contributed by atoms with Gasteiger partial charge in [-0.25, -0.2) is 13.1 Å². The fraction of sp³-hybridized carbons (Fsp3) is 0.308. The first-order valence-corrected chi connectivity index (χ1v) is 8.77. The molecular weight excluding hydrogens is 322 g/mol. The van der Waals surface area contributed by atoms with Crippen molar-refractivity contribution in [2.75, 3.05) is 18.4 Å². The average molecular weight is 337 g/mol. The van der Waals surface area contributed by atoms with Crippen LogP contribution in [-0.2, 0) is 10.0 Å². The lowest BCUT2D eigenvalue weighted by atomic mass is 10.4. The first-order valence-electron chi connectivity index (χ1n) is 6.47. The van der Waals surface area contributed by atoms with Gasteiger partial charge in [0.1, 0.15) is 11.9 Å². The van der Waals surface area contributed by atoms with Gasteiger partial charge in [-0.1, -0.05) is 0 Å². The predicted molar refractivity (Wildman–Crippen MR) is 84.2 cm³/mol. The zero-order chi connectivity index (χ0) is 16.2. The van der Waals surface area contributed by atoms with E-state index in [2.05, 4.69) is 20.2 Å². The summed E-state index contributed by atoms with van der Waals surface area (Å²) in [6.07, 6.45) is 0. The Balaban J connectivity index is 1.88. The smallest absolute Gasteiger partial charge is 0.241 e. The van der Waals surface area contributed by atoms with Crippen molar-refractivity contribution in [3.8, 4) is 6.07 Å². The Labute approximate surface area is 133 Å². The molecule has 2 aromatic heterocycles. The largest absolute Gasteiger partial charge is 0.367 e. The molecule has 22 heavy (non-hydrogen) atoms. The molecule has 0 bridgehead atoms. The molecule has 2 aromatic rings. The van der Waals surface area contributed by atoms with Gasteiger partial charge in [0, 0.05) is 22.8 Å². The van der Waals surface area contributed by atoms with Crippen LogP contribution in [0.5, 0.6) is 0 Å². The first kappa shape index (κ1) is 16.4. The summed E-state index contributed by atoms with van der Waals surface area (Å²) in [5.41, 5.74) is 0.231. The average Bonchev–Trinajstić information content (AvgIpc) is 2.84. The van der Waals surface area contributed by atoms with Gasteiger partial charge in [0.25, 0.3) is 0 Å². The second kappa shape index (κ2) is 6.83. The number of sulfonamides is 1. The van der Waals surface area contributed by atoms with E-state index in [4.69, 9.17) is 5.26 Å². The highest BCUT2D eigenvalue weighted by Crippen LogP contribution is 2.24. The molecule has 0 aliphatic rings. The fourth-order valence-electron chi connectivity index (χ4n) is 1.81. The third-order valence-corrected chi connectivity index (χ3v) is 5.47. The number of aryl methyl sites for hydroxylation is 2. The van der Waals surface area contributed by atoms with Crippen LogP contribution in [0.3, 0.4) is 0 Å². The Bertz CT molecular complexity index is 791. The standard InChI is InChI=1S/C13H15N5O2S2/c1-9-7-12(10(2)21-9)22(19,20)16-6-5-15-13-4-3-11(8-14)17-18-13/h3-4,7,16H,5-6H2,1-2H3,(H,15,18). The molecule has 2 rings (SSSR count). The number of thiophene rings is 1. The molecule has 7 nitrogen and oxygen atoms in total. The lowest BCUT2D eigenvalue weighted by Gasteiger charge is -2.07. The molecule has 0 saturated carbocycles. The van der Waals surface area contributed by atoms with Crippen LogP contribution in [0.2, 0.25) is 0 Å². The van der Waals surface area contributed by atoms with Crippen LogP contribution in [0.1, 0.15) is 15.4 Å². The van der Waals surface area contributed by atoms with Crippen LogP contribution >= 0.6 is 11.3 Å². The molecule has 0 radical (unpaired) electrons. The Morgan fingerprint density at radius 2 is 2.05 bits per heavy atom. The quantitative estimate of drug-likeness (QED) is 0.772. The third kappa shape index (κ3) is 4.00. The molecule has 2 N–H and O–H groups in total. The molecule has 0 spiro atoms. The Morgan fingerprint density at radius 1 is 1.27 bits per heavy atom. The van der Waals surface area contributed by atoms with E-state index in [0.717, 1.165) is 9.75 Å². The number of nitriles is 1. The van der Waals surface area contributed by atoms with Crippen LogP contribution in [-0.4, -0.2) is 31.7 Å². The first-order chi connectivity index (χ1) is 10.4. The number of anilines is 1. The van der Waals surface area contributed by atoms with Gasteiger partial charge in [-0.3, -0.25) is 0 Å². The van der Waals surface area contributed by atoms with Gasteiger partial charge in [-0.2, -0.15) is 5.26 Å². The van der Waals surface area contributed by atoms with Crippen molar-refractivity contribution in [3.63, 3.8) is 0 Å². The summed E-state index contributed by atoms with van der Waals surface area (Å²) in [5, 5.41) is 19.0. The van der Waals surface area contributed by atoms with Gasteiger partial charge in [0.2, 0.25) is 10.0 Å². The molecule has 0 aromatic carbocycles. The highest BCUT2D eigenvalue weighted by Gasteiger charge is 2.18. The Hall–Kier alpha value is -2.02. The van der Waals surface area contributed by atoms with Gasteiger partial charge < -0.3 is 5.32 Å². The highest BCUT2D eigenvalue weighted by atomic mass is 32.2. The predicted octanol–water partition coefficient (Wildman–Crippen LogP) is 1.42. The maximum Gasteiger partial charge on any atom is 0.241 e. The minimum absolute atomic E-state index is 0.221. The number of nitrogens with zero attached hydrogens (tertiary/aromatic N) is 3. The summed E-state index contributed by atoms with van der Waals surface area (Å²) in [4.78, 5) is 2.06. The molecule has 116 valence electrons. The van der Waals surface area contributed by atoms with Crippen LogP contribution in [0, 0.1) is 25.2 Å². The van der Waals surface area contributed by atoms with E-state index < -0.39 is 10.0 Å². The third-order valence-electron chi connectivity index (χ3n) is 2.79. The van der Waals surface area contributed by atoms with E-state index in [9.17, 15) is 8.42 Å². The monoisotopic (exact) mass is 337 g/mol. The van der Waals surface area contributed by atoms with Gasteiger partial charge in [-0.15, -0.1) is 21.5 Å². The molecule has 0 aliphatic heterocycles. The SMILES string of the molecule is Cc1cc(S(=O)(=O)NCCNc2ccc(C#N)nn2)c(C)s1. The number of nitrogens with one attached hydrogen (secondary N) is 2. The fourth-order valence-corrected chi connectivity index (χ4v) is 4.40. The van der Waals surface area contributed by atoms with E-state index in [1.165, 1.54) is 17.4 Å². The van der Waals surface area contributed by atoms with Crippen LogP contribution in [0.25, 0.3) is 0 Å². The van der Waals surface area contributed by atoms with Crippen LogP contribution in [0.15, 0.2) is 23.1 Å². The van der Waals surface area contributed by atoms with Crippen molar-refractivity contribution in [1.29, 1.82) is 5.26 Å². The molecule has 0 amide bonds. The summed E-state index contributed by atoms with van der Waals surface area (Å²) >= 11 is 1.46. The van der Waals surface area contributed by atoms with Gasteiger partial charge >= 0.3 is 0 Å². The van der Waals surface area contributed by atoms with Crippen molar-refractivity contribution in [1.82, 2.24) is 14.9 Å². The highest BCUT2D eigenvalue weighted by molar-refractivity contribution is 7.89. The van der Waals surface area contributed by atoms with E-state index in [0.29, 0.717) is 17.3 Å². The molecule has 9 heteroatoms. The summed E-state index contributed by atoms with van der Waals surface area (Å²) in [7, 11) is -3.49. The van der Waals surface area contributed by atoms with Gasteiger partial charge in [0.05, 0.1) is 4.90 Å². The van der Waals surface area contributed by atoms with E-state index in [1.807, 2.05) is 13.0 Å². The van der Waals surface area contributed by atoms with Crippen LogP contribution < -0.4 is 10.0 Å². The molecule has 0 fully saturated rings. The summed E-state index contributed by atoms with van der Waals surface area (Å²) < 4.78 is 26.9. The normalized spacial score (nSPS) is 11.1. The molecular formula is C13H15N5O2S2. The maximum atomic E-state index is 12.2. The Morgan fingerprint density at radius 3 is 2.59 bits per heavy atom. The summed E-state index contributed by atoms with van der Waals surface area (Å²) in [5.74, 6) is 0.487. The molecule has 0 atom stereocenters. The minimum Gasteiger partial charge on any atom is -0.367 e. The van der Waals surface area contributed by atoms with E-state index in [-0.39, 0.29) is 12.2 Å². The van der Waals surface area contributed by atoms with Crippen LogP contribution in [0.4, 0.5) is 5.82 Å². The van der Waals surface area contributed by atoms with Gasteiger partial charge in [0.15, 0.2) is 5.69 Å². The second-order valence-electron chi connectivity index (χ2n) is 4.52. The maximum absolute atomic E-state index is 12.2. The lowest BCUT2D eigenvalue weighted by Crippen LogP contribution is -2.29. The molecule has 0 saturated heterocycles. The minimum atomic E-state index is -3.49. The zero-order valence-corrected chi connectivity index (χ0v) is 13.8. The van der Waals surface area contributed by atoms with Crippen molar-refractivity contribution >= 4 is 27.2 Å². The van der Waals surface area contributed by atoms with Crippen molar-refractivity contribution in [3.05, 3.63) is 33.6 Å². The Kier molecular flexibility index (Phi) is 5.07. The number of aromatic nitrogens is 2. The lowest BCUT2D eigenvalue weighted by molar-refractivity contribution is 0.582. The molecule has 0 unspecified atom stereocenters. The topological polar surface area (TPSA) is 108 Å². The van der Waals surface area contributed by atoms with E-state index in [1.54, 1.807) is 19.1 Å². The van der Waals surface area contributed by atoms with Crippen molar-refractivity contribution in [2.24, 2.45) is 0 Å². The second-order valence-corrected chi connectivity index (χ2v) is 7.71. The zero-order valence-electron chi connectivity index (χ0n) is 12.1.